The molecular weight excluding hydrogens is 363 g/mol. The van der Waals surface area contributed by atoms with Crippen molar-refractivity contribution < 1.29 is 13.7 Å². The molecule has 7 nitrogen and oxygen atoms in total. The van der Waals surface area contributed by atoms with Gasteiger partial charge in [-0.25, -0.2) is 9.38 Å². The Kier molecular flexibility index (Phi) is 6.35. The number of furan rings is 1. The summed E-state index contributed by atoms with van der Waals surface area (Å²) in [5.74, 6) is 1.01. The minimum atomic E-state index is -0.433. The Hall–Kier alpha value is -3.68. The van der Waals surface area contributed by atoms with E-state index in [0.717, 1.165) is 16.9 Å². The van der Waals surface area contributed by atoms with E-state index in [1.165, 1.54) is 24.3 Å². The Balaban J connectivity index is 1.64. The smallest absolute Gasteiger partial charge is 0.269 e. The highest BCUT2D eigenvalue weighted by atomic mass is 19.1. The highest BCUT2D eigenvalue weighted by Gasteiger charge is 2.05. The molecule has 3 aromatic rings. The van der Waals surface area contributed by atoms with E-state index in [1.54, 1.807) is 36.6 Å². The summed E-state index contributed by atoms with van der Waals surface area (Å²) in [7, 11) is 0. The van der Waals surface area contributed by atoms with Crippen LogP contribution in [0.4, 0.5) is 10.1 Å². The summed E-state index contributed by atoms with van der Waals surface area (Å²) in [6, 6.07) is 16.1. The number of non-ortho nitro benzene ring substituents is 1. The average molecular weight is 382 g/mol. The normalized spacial score (nSPS) is 11.2. The van der Waals surface area contributed by atoms with Gasteiger partial charge in [0.1, 0.15) is 11.6 Å². The molecule has 0 atom stereocenters. The first-order valence-corrected chi connectivity index (χ1v) is 8.62. The number of hydrogen-bond donors (Lipinski definition) is 2. The Morgan fingerprint density at radius 1 is 1.00 bits per heavy atom. The van der Waals surface area contributed by atoms with Gasteiger partial charge < -0.3 is 15.1 Å². The number of halogens is 1. The third kappa shape index (κ3) is 5.66. The standard InChI is InChI=1S/C20H19FN4O3/c21-17-7-3-15(4-8-17)12-22-20(24-14-19-2-1-11-28-19)23-13-16-5-9-18(10-6-16)25(26)27/h1-11H,12-14H2,(H2,22,23,24). The third-order valence-electron chi connectivity index (χ3n) is 3.95. The molecule has 0 radical (unpaired) electrons. The molecule has 0 unspecified atom stereocenters. The highest BCUT2D eigenvalue weighted by molar-refractivity contribution is 5.79. The Morgan fingerprint density at radius 3 is 2.32 bits per heavy atom. The third-order valence-corrected chi connectivity index (χ3v) is 3.95. The molecule has 0 fully saturated rings. The molecule has 0 amide bonds. The van der Waals surface area contributed by atoms with E-state index in [1.807, 2.05) is 6.07 Å². The zero-order valence-electron chi connectivity index (χ0n) is 15.0. The van der Waals surface area contributed by atoms with Crippen LogP contribution in [0.5, 0.6) is 0 Å². The molecule has 3 rings (SSSR count). The van der Waals surface area contributed by atoms with Crippen LogP contribution in [-0.2, 0) is 19.6 Å². The second kappa shape index (κ2) is 9.31. The van der Waals surface area contributed by atoms with E-state index in [-0.39, 0.29) is 11.5 Å². The Labute approximate surface area is 161 Å². The van der Waals surface area contributed by atoms with Crippen LogP contribution in [0.15, 0.2) is 76.3 Å². The maximum absolute atomic E-state index is 13.0. The number of aliphatic imine (C=N–C) groups is 1. The van der Waals surface area contributed by atoms with Crippen molar-refractivity contribution in [2.45, 2.75) is 19.6 Å². The van der Waals surface area contributed by atoms with Gasteiger partial charge in [-0.2, -0.15) is 0 Å². The number of nitrogens with one attached hydrogen (secondary N) is 2. The number of hydrogen-bond acceptors (Lipinski definition) is 4. The van der Waals surface area contributed by atoms with Gasteiger partial charge in [0.25, 0.3) is 5.69 Å². The zero-order valence-corrected chi connectivity index (χ0v) is 15.0. The van der Waals surface area contributed by atoms with E-state index in [9.17, 15) is 14.5 Å². The lowest BCUT2D eigenvalue weighted by atomic mass is 10.2. The van der Waals surface area contributed by atoms with Crippen molar-refractivity contribution in [3.8, 4) is 0 Å². The lowest BCUT2D eigenvalue weighted by Gasteiger charge is -2.12. The lowest BCUT2D eigenvalue weighted by Crippen LogP contribution is -2.36. The van der Waals surface area contributed by atoms with Crippen molar-refractivity contribution in [1.29, 1.82) is 0 Å². The molecule has 28 heavy (non-hydrogen) atoms. The summed E-state index contributed by atoms with van der Waals surface area (Å²) in [6.07, 6.45) is 1.59. The lowest BCUT2D eigenvalue weighted by molar-refractivity contribution is -0.384. The first-order valence-electron chi connectivity index (χ1n) is 8.62. The van der Waals surface area contributed by atoms with E-state index < -0.39 is 4.92 Å². The maximum Gasteiger partial charge on any atom is 0.269 e. The summed E-state index contributed by atoms with van der Waals surface area (Å²) >= 11 is 0. The number of guanidine groups is 1. The second-order valence-corrected chi connectivity index (χ2v) is 6.00. The van der Waals surface area contributed by atoms with E-state index in [0.29, 0.717) is 25.6 Å². The molecule has 144 valence electrons. The van der Waals surface area contributed by atoms with Gasteiger partial charge in [-0.3, -0.25) is 10.1 Å². The van der Waals surface area contributed by atoms with E-state index in [2.05, 4.69) is 15.6 Å². The summed E-state index contributed by atoms with van der Waals surface area (Å²) in [5, 5.41) is 17.1. The molecule has 0 saturated carbocycles. The van der Waals surface area contributed by atoms with Gasteiger partial charge in [0.2, 0.25) is 0 Å². The van der Waals surface area contributed by atoms with Crippen molar-refractivity contribution in [1.82, 2.24) is 10.6 Å². The zero-order chi connectivity index (χ0) is 19.8. The number of nitro groups is 1. The topological polar surface area (TPSA) is 92.7 Å². The van der Waals surface area contributed by atoms with Gasteiger partial charge in [-0.05, 0) is 35.4 Å². The van der Waals surface area contributed by atoms with Crippen LogP contribution in [0, 0.1) is 15.9 Å². The van der Waals surface area contributed by atoms with Gasteiger partial charge in [-0.1, -0.05) is 24.3 Å². The first-order chi connectivity index (χ1) is 13.6. The van der Waals surface area contributed by atoms with Crippen molar-refractivity contribution >= 4 is 11.6 Å². The van der Waals surface area contributed by atoms with Crippen molar-refractivity contribution in [3.05, 3.63) is 99.7 Å². The average Bonchev–Trinajstić information content (AvgIpc) is 3.22. The SMILES string of the molecule is O=[N+]([O-])c1ccc(CNC(=NCc2ccc(F)cc2)NCc2ccco2)cc1. The van der Waals surface area contributed by atoms with Crippen LogP contribution in [0.25, 0.3) is 0 Å². The van der Waals surface area contributed by atoms with Crippen LogP contribution in [0.1, 0.15) is 16.9 Å². The molecule has 0 aliphatic heterocycles. The summed E-state index contributed by atoms with van der Waals surface area (Å²) in [6.45, 7) is 1.25. The molecule has 2 aromatic carbocycles. The van der Waals surface area contributed by atoms with Gasteiger partial charge in [0.15, 0.2) is 5.96 Å². The quantitative estimate of drug-likeness (QED) is 0.281. The van der Waals surface area contributed by atoms with Crippen molar-refractivity contribution in [2.24, 2.45) is 4.99 Å². The molecule has 0 saturated heterocycles. The van der Waals surface area contributed by atoms with Crippen molar-refractivity contribution in [3.63, 3.8) is 0 Å². The van der Waals surface area contributed by atoms with Gasteiger partial charge in [0, 0.05) is 18.7 Å². The Morgan fingerprint density at radius 2 is 1.68 bits per heavy atom. The van der Waals surface area contributed by atoms with Gasteiger partial charge >= 0.3 is 0 Å². The van der Waals surface area contributed by atoms with Crippen LogP contribution in [-0.4, -0.2) is 10.9 Å². The molecule has 2 N–H and O–H groups in total. The fourth-order valence-corrected chi connectivity index (χ4v) is 2.44. The Bertz CT molecular complexity index is 923. The molecule has 0 bridgehead atoms. The predicted octanol–water partition coefficient (Wildman–Crippen LogP) is 3.76. The fourth-order valence-electron chi connectivity index (χ4n) is 2.44. The van der Waals surface area contributed by atoms with Crippen LogP contribution in [0.2, 0.25) is 0 Å². The number of nitro benzene ring substituents is 1. The minimum absolute atomic E-state index is 0.0462. The maximum atomic E-state index is 13.0. The summed E-state index contributed by atoms with van der Waals surface area (Å²) in [5.41, 5.74) is 1.79. The fraction of sp³-hybridized carbons (Fsp3) is 0.150. The largest absolute Gasteiger partial charge is 0.467 e. The first kappa shape index (κ1) is 19.1. The van der Waals surface area contributed by atoms with E-state index in [4.69, 9.17) is 4.42 Å². The van der Waals surface area contributed by atoms with Crippen molar-refractivity contribution in [2.75, 3.05) is 0 Å². The second-order valence-electron chi connectivity index (χ2n) is 6.00. The monoisotopic (exact) mass is 382 g/mol. The molecule has 8 heteroatoms. The highest BCUT2D eigenvalue weighted by Crippen LogP contribution is 2.11. The summed E-state index contributed by atoms with van der Waals surface area (Å²) < 4.78 is 18.3. The number of rotatable bonds is 7. The molecule has 1 heterocycles. The molecule has 0 spiro atoms. The molecular formula is C20H19FN4O3. The van der Waals surface area contributed by atoms with Crippen LogP contribution < -0.4 is 10.6 Å². The van der Waals surface area contributed by atoms with Crippen LogP contribution >= 0.6 is 0 Å². The van der Waals surface area contributed by atoms with Crippen LogP contribution in [0.3, 0.4) is 0 Å². The summed E-state index contributed by atoms with van der Waals surface area (Å²) in [4.78, 5) is 14.8. The number of nitrogens with zero attached hydrogens (tertiary/aromatic N) is 2. The number of benzene rings is 2. The minimum Gasteiger partial charge on any atom is -0.467 e. The van der Waals surface area contributed by atoms with E-state index >= 15 is 0 Å². The predicted molar refractivity (Wildman–Crippen MR) is 103 cm³/mol. The molecule has 1 aromatic heterocycles. The van der Waals surface area contributed by atoms with Gasteiger partial charge in [0.05, 0.1) is 24.3 Å². The van der Waals surface area contributed by atoms with Gasteiger partial charge in [-0.15, -0.1) is 0 Å². The molecule has 0 aliphatic rings. The molecule has 0 aliphatic carbocycles.